The number of aryl methyl sites for hydroxylation is 1. The number of benzene rings is 1. The predicted octanol–water partition coefficient (Wildman–Crippen LogP) is 3.04. The number of hydrogen-bond acceptors (Lipinski definition) is 2. The standard InChI is InChI=1S/C17H24N4O/c1-5-11-18-17(22)20(4)12-16-13(2)19-21(14(16)3)15-9-7-6-8-10-15/h6-10H,5,11-12H2,1-4H3,(H,18,22). The molecule has 1 N–H and O–H groups in total. The van der Waals surface area contributed by atoms with E-state index in [-0.39, 0.29) is 6.03 Å². The molecule has 0 saturated heterocycles. The number of aromatic nitrogens is 2. The predicted molar refractivity (Wildman–Crippen MR) is 88.2 cm³/mol. The molecule has 0 radical (unpaired) electrons. The lowest BCUT2D eigenvalue weighted by Crippen LogP contribution is -2.37. The van der Waals surface area contributed by atoms with Crippen LogP contribution in [0.4, 0.5) is 4.79 Å². The van der Waals surface area contributed by atoms with Gasteiger partial charge >= 0.3 is 6.03 Å². The van der Waals surface area contributed by atoms with Crippen molar-refractivity contribution in [3.8, 4) is 5.69 Å². The van der Waals surface area contributed by atoms with Gasteiger partial charge in [-0.1, -0.05) is 25.1 Å². The number of nitrogens with one attached hydrogen (secondary N) is 1. The van der Waals surface area contributed by atoms with Crippen LogP contribution in [0.5, 0.6) is 0 Å². The fourth-order valence-electron chi connectivity index (χ4n) is 2.40. The number of amides is 2. The summed E-state index contributed by atoms with van der Waals surface area (Å²) in [6.45, 7) is 7.32. The minimum absolute atomic E-state index is 0.0480. The Kier molecular flexibility index (Phi) is 5.20. The molecule has 0 aliphatic rings. The van der Waals surface area contributed by atoms with Gasteiger partial charge in [-0.3, -0.25) is 0 Å². The number of rotatable bonds is 5. The van der Waals surface area contributed by atoms with Crippen molar-refractivity contribution in [3.05, 3.63) is 47.3 Å². The Morgan fingerprint density at radius 2 is 1.95 bits per heavy atom. The van der Waals surface area contributed by atoms with Crippen molar-refractivity contribution in [1.82, 2.24) is 20.0 Å². The largest absolute Gasteiger partial charge is 0.338 e. The monoisotopic (exact) mass is 300 g/mol. The van der Waals surface area contributed by atoms with E-state index in [1.54, 1.807) is 4.90 Å². The second kappa shape index (κ2) is 7.11. The molecule has 0 aliphatic heterocycles. The van der Waals surface area contributed by atoms with Crippen molar-refractivity contribution in [1.29, 1.82) is 0 Å². The molecule has 1 aromatic heterocycles. The molecule has 2 amide bonds. The summed E-state index contributed by atoms with van der Waals surface area (Å²) in [5, 5.41) is 7.50. The van der Waals surface area contributed by atoms with Crippen molar-refractivity contribution in [2.24, 2.45) is 0 Å². The first-order valence-corrected chi connectivity index (χ1v) is 7.64. The summed E-state index contributed by atoms with van der Waals surface area (Å²) in [6, 6.07) is 9.99. The first kappa shape index (κ1) is 16.1. The fraction of sp³-hybridized carbons (Fsp3) is 0.412. The van der Waals surface area contributed by atoms with Crippen LogP contribution in [0, 0.1) is 13.8 Å². The molecule has 0 unspecified atom stereocenters. The number of carbonyl (C=O) groups is 1. The molecular formula is C17H24N4O. The van der Waals surface area contributed by atoms with Gasteiger partial charge in [0, 0.05) is 24.8 Å². The number of para-hydroxylation sites is 1. The Morgan fingerprint density at radius 3 is 2.59 bits per heavy atom. The van der Waals surface area contributed by atoms with E-state index >= 15 is 0 Å². The maximum Gasteiger partial charge on any atom is 0.317 e. The Bertz CT molecular complexity index is 634. The highest BCUT2D eigenvalue weighted by atomic mass is 16.2. The molecule has 0 saturated carbocycles. The average molecular weight is 300 g/mol. The second-order valence-corrected chi connectivity index (χ2v) is 5.48. The normalized spacial score (nSPS) is 10.5. The molecule has 2 aromatic rings. The maximum absolute atomic E-state index is 12.0. The van der Waals surface area contributed by atoms with Crippen LogP contribution >= 0.6 is 0 Å². The van der Waals surface area contributed by atoms with E-state index in [0.717, 1.165) is 29.1 Å². The summed E-state index contributed by atoms with van der Waals surface area (Å²) in [7, 11) is 1.81. The quantitative estimate of drug-likeness (QED) is 0.922. The summed E-state index contributed by atoms with van der Waals surface area (Å²) in [5.41, 5.74) is 4.15. The van der Waals surface area contributed by atoms with E-state index in [4.69, 9.17) is 0 Å². The average Bonchev–Trinajstić information content (AvgIpc) is 2.81. The van der Waals surface area contributed by atoms with Gasteiger partial charge in [-0.05, 0) is 32.4 Å². The Labute approximate surface area is 131 Å². The Morgan fingerprint density at radius 1 is 1.27 bits per heavy atom. The first-order valence-electron chi connectivity index (χ1n) is 7.64. The minimum Gasteiger partial charge on any atom is -0.338 e. The molecule has 1 heterocycles. The number of nitrogens with zero attached hydrogens (tertiary/aromatic N) is 3. The zero-order valence-corrected chi connectivity index (χ0v) is 13.8. The van der Waals surface area contributed by atoms with Crippen molar-refractivity contribution in [3.63, 3.8) is 0 Å². The molecule has 0 bridgehead atoms. The van der Waals surface area contributed by atoms with Crippen LogP contribution < -0.4 is 5.32 Å². The zero-order chi connectivity index (χ0) is 16.1. The van der Waals surface area contributed by atoms with Crippen LogP contribution in [-0.2, 0) is 6.54 Å². The van der Waals surface area contributed by atoms with Crippen LogP contribution in [0.3, 0.4) is 0 Å². The van der Waals surface area contributed by atoms with E-state index in [0.29, 0.717) is 13.1 Å². The third kappa shape index (κ3) is 3.47. The molecule has 22 heavy (non-hydrogen) atoms. The van der Waals surface area contributed by atoms with Gasteiger partial charge in [-0.15, -0.1) is 0 Å². The fourth-order valence-corrected chi connectivity index (χ4v) is 2.40. The lowest BCUT2D eigenvalue weighted by atomic mass is 10.2. The SMILES string of the molecule is CCCNC(=O)N(C)Cc1c(C)nn(-c2ccccc2)c1C. The lowest BCUT2D eigenvalue weighted by Gasteiger charge is -2.18. The van der Waals surface area contributed by atoms with Gasteiger partial charge in [0.05, 0.1) is 17.9 Å². The highest BCUT2D eigenvalue weighted by Gasteiger charge is 2.16. The number of urea groups is 1. The topological polar surface area (TPSA) is 50.2 Å². The van der Waals surface area contributed by atoms with Gasteiger partial charge in [0.2, 0.25) is 0 Å². The molecule has 0 spiro atoms. The van der Waals surface area contributed by atoms with E-state index in [1.807, 2.05) is 62.8 Å². The van der Waals surface area contributed by atoms with Crippen molar-refractivity contribution < 1.29 is 4.79 Å². The van der Waals surface area contributed by atoms with Gasteiger partial charge in [0.15, 0.2) is 0 Å². The van der Waals surface area contributed by atoms with E-state index < -0.39 is 0 Å². The molecule has 2 rings (SSSR count). The highest BCUT2D eigenvalue weighted by molar-refractivity contribution is 5.73. The summed E-state index contributed by atoms with van der Waals surface area (Å²) in [6.07, 6.45) is 0.934. The molecule has 0 atom stereocenters. The number of carbonyl (C=O) groups excluding carboxylic acids is 1. The van der Waals surface area contributed by atoms with Crippen LogP contribution in [0.2, 0.25) is 0 Å². The Balaban J connectivity index is 2.19. The van der Waals surface area contributed by atoms with Crippen LogP contribution in [0.25, 0.3) is 5.69 Å². The van der Waals surface area contributed by atoms with Gasteiger partial charge in [-0.2, -0.15) is 5.10 Å². The Hall–Kier alpha value is -2.30. The first-order chi connectivity index (χ1) is 10.5. The number of hydrogen-bond donors (Lipinski definition) is 1. The van der Waals surface area contributed by atoms with E-state index in [9.17, 15) is 4.79 Å². The summed E-state index contributed by atoms with van der Waals surface area (Å²) < 4.78 is 1.93. The van der Waals surface area contributed by atoms with Crippen molar-refractivity contribution in [2.45, 2.75) is 33.7 Å². The second-order valence-electron chi connectivity index (χ2n) is 5.48. The molecule has 1 aromatic carbocycles. The van der Waals surface area contributed by atoms with Crippen LogP contribution in [0.15, 0.2) is 30.3 Å². The molecule has 0 fully saturated rings. The van der Waals surface area contributed by atoms with Crippen LogP contribution in [-0.4, -0.2) is 34.3 Å². The summed E-state index contributed by atoms with van der Waals surface area (Å²) >= 11 is 0. The zero-order valence-electron chi connectivity index (χ0n) is 13.8. The van der Waals surface area contributed by atoms with Crippen molar-refractivity contribution in [2.75, 3.05) is 13.6 Å². The van der Waals surface area contributed by atoms with Gasteiger partial charge in [-0.25, -0.2) is 9.48 Å². The van der Waals surface area contributed by atoms with E-state index in [2.05, 4.69) is 10.4 Å². The van der Waals surface area contributed by atoms with Gasteiger partial charge in [0.25, 0.3) is 0 Å². The summed E-state index contributed by atoms with van der Waals surface area (Å²) in [4.78, 5) is 13.7. The molecule has 5 heteroatoms. The van der Waals surface area contributed by atoms with Gasteiger partial charge in [0.1, 0.15) is 0 Å². The van der Waals surface area contributed by atoms with Gasteiger partial charge < -0.3 is 10.2 Å². The smallest absolute Gasteiger partial charge is 0.317 e. The lowest BCUT2D eigenvalue weighted by molar-refractivity contribution is 0.207. The molecule has 0 aliphatic carbocycles. The molecular weight excluding hydrogens is 276 g/mol. The molecule has 5 nitrogen and oxygen atoms in total. The van der Waals surface area contributed by atoms with Crippen LogP contribution in [0.1, 0.15) is 30.3 Å². The maximum atomic E-state index is 12.0. The third-order valence-electron chi connectivity index (χ3n) is 3.71. The minimum atomic E-state index is -0.0480. The third-order valence-corrected chi connectivity index (χ3v) is 3.71. The summed E-state index contributed by atoms with van der Waals surface area (Å²) in [5.74, 6) is 0. The van der Waals surface area contributed by atoms with Crippen molar-refractivity contribution >= 4 is 6.03 Å². The molecule has 118 valence electrons. The highest BCUT2D eigenvalue weighted by Crippen LogP contribution is 2.19. The van der Waals surface area contributed by atoms with E-state index in [1.165, 1.54) is 0 Å².